The van der Waals surface area contributed by atoms with Gasteiger partial charge in [-0.15, -0.1) is 0 Å². The van der Waals surface area contributed by atoms with Gasteiger partial charge in [0.2, 0.25) is 5.91 Å². The smallest absolute Gasteiger partial charge is 0.283 e. The first-order chi connectivity index (χ1) is 13.9. The van der Waals surface area contributed by atoms with Crippen molar-refractivity contribution in [3.63, 3.8) is 0 Å². The zero-order valence-corrected chi connectivity index (χ0v) is 18.0. The molecule has 162 valence electrons. The van der Waals surface area contributed by atoms with Crippen molar-refractivity contribution in [3.8, 4) is 0 Å². The molecule has 0 aliphatic carbocycles. The van der Waals surface area contributed by atoms with Crippen LogP contribution >= 0.6 is 15.2 Å². The highest BCUT2D eigenvalue weighted by molar-refractivity contribution is 7.57. The zero-order chi connectivity index (χ0) is 22.6. The molecule has 0 unspecified atom stereocenters. The Bertz CT molecular complexity index is 942. The number of nitrogens with one attached hydrogen (secondary N) is 2. The van der Waals surface area contributed by atoms with E-state index in [-0.39, 0.29) is 6.42 Å². The summed E-state index contributed by atoms with van der Waals surface area (Å²) in [4.78, 5) is 22.3. The summed E-state index contributed by atoms with van der Waals surface area (Å²) in [6.07, 6.45) is 3.60. The van der Waals surface area contributed by atoms with Crippen LogP contribution in [0.15, 0.2) is 66.7 Å². The van der Waals surface area contributed by atoms with Gasteiger partial charge in [0.25, 0.3) is 13.5 Å². The van der Waals surface area contributed by atoms with Gasteiger partial charge in [-0.2, -0.15) is 0 Å². The molecular formula is C18H26N6O4P2. The quantitative estimate of drug-likeness (QED) is 0.269. The molecule has 2 rings (SSSR count). The highest BCUT2D eigenvalue weighted by Crippen LogP contribution is 2.18. The summed E-state index contributed by atoms with van der Waals surface area (Å²) >= 11 is 0. The molecule has 12 heteroatoms. The second-order valence-corrected chi connectivity index (χ2v) is 9.44. The first-order valence-corrected chi connectivity index (χ1v) is 12.4. The van der Waals surface area contributed by atoms with Crippen molar-refractivity contribution in [2.24, 2.45) is 22.0 Å². The van der Waals surface area contributed by atoms with Gasteiger partial charge in [-0.05, 0) is 23.6 Å². The third-order valence-corrected chi connectivity index (χ3v) is 4.46. The Kier molecular flexibility index (Phi) is 10.3. The summed E-state index contributed by atoms with van der Waals surface area (Å²) in [6, 6.07) is 18.7. The van der Waals surface area contributed by atoms with E-state index in [1.54, 1.807) is 6.08 Å². The van der Waals surface area contributed by atoms with E-state index in [1.807, 2.05) is 65.8 Å². The fourth-order valence-electron chi connectivity index (χ4n) is 2.10. The van der Waals surface area contributed by atoms with Crippen LogP contribution in [0.2, 0.25) is 0 Å². The first-order valence-electron chi connectivity index (χ1n) is 8.69. The van der Waals surface area contributed by atoms with E-state index < -0.39 is 27.0 Å². The van der Waals surface area contributed by atoms with E-state index in [1.165, 1.54) is 6.08 Å². The first kappa shape index (κ1) is 25.5. The van der Waals surface area contributed by atoms with Crippen LogP contribution in [0.1, 0.15) is 17.5 Å². The predicted molar refractivity (Wildman–Crippen MR) is 118 cm³/mol. The molecule has 0 aliphatic heterocycles. The summed E-state index contributed by atoms with van der Waals surface area (Å²) in [5.74, 6) is -0.973. The molecule has 0 atom stereocenters. The number of benzene rings is 2. The highest BCUT2D eigenvalue weighted by Gasteiger charge is 2.12. The van der Waals surface area contributed by atoms with Gasteiger partial charge in [0.15, 0.2) is 0 Å². The largest absolute Gasteiger partial charge is 0.300 e. The highest BCUT2D eigenvalue weighted by atomic mass is 31.2. The zero-order valence-electron chi connectivity index (χ0n) is 16.2. The third kappa shape index (κ3) is 13.6. The molecule has 10 N–H and O–H groups in total. The molecule has 2 amide bonds. The van der Waals surface area contributed by atoms with Crippen LogP contribution < -0.4 is 32.2 Å². The lowest BCUT2D eigenvalue weighted by atomic mass is 10.1. The van der Waals surface area contributed by atoms with Crippen LogP contribution in [0.3, 0.4) is 0 Å². The van der Waals surface area contributed by atoms with Gasteiger partial charge in [0, 0.05) is 12.5 Å². The van der Waals surface area contributed by atoms with E-state index in [9.17, 15) is 18.7 Å². The van der Waals surface area contributed by atoms with E-state index in [4.69, 9.17) is 22.0 Å². The average molecular weight is 452 g/mol. The molecule has 30 heavy (non-hydrogen) atoms. The Hall–Kier alpha value is -2.58. The minimum absolute atomic E-state index is 0.225. The maximum atomic E-state index is 11.2. The van der Waals surface area contributed by atoms with Crippen molar-refractivity contribution < 1.29 is 18.7 Å². The van der Waals surface area contributed by atoms with E-state index in [0.717, 1.165) is 11.1 Å². The van der Waals surface area contributed by atoms with Crippen LogP contribution in [0.4, 0.5) is 0 Å². The summed E-state index contributed by atoms with van der Waals surface area (Å²) in [7, 11) is -6.94. The lowest BCUT2D eigenvalue weighted by Crippen LogP contribution is -2.28. The van der Waals surface area contributed by atoms with Gasteiger partial charge in [-0.25, -0.2) is 0 Å². The van der Waals surface area contributed by atoms with E-state index in [0.29, 0.717) is 6.42 Å². The molecular weight excluding hydrogens is 426 g/mol. The fourth-order valence-corrected chi connectivity index (χ4v) is 3.02. The normalized spacial score (nSPS) is 11.3. The Morgan fingerprint density at radius 3 is 1.80 bits per heavy atom. The monoisotopic (exact) mass is 452 g/mol. The number of nitrogens with two attached hydrogens (primary N) is 4. The Labute approximate surface area is 175 Å². The van der Waals surface area contributed by atoms with Gasteiger partial charge in [-0.3, -0.25) is 50.9 Å². The van der Waals surface area contributed by atoms with Crippen LogP contribution in [-0.4, -0.2) is 11.8 Å². The summed E-state index contributed by atoms with van der Waals surface area (Å²) in [5, 5.41) is 4.04. The molecule has 0 spiro atoms. The fraction of sp³-hybridized carbons (Fsp3) is 0.111. The van der Waals surface area contributed by atoms with Crippen molar-refractivity contribution in [1.82, 2.24) is 10.2 Å². The molecule has 0 radical (unpaired) electrons. The van der Waals surface area contributed by atoms with Crippen LogP contribution in [-0.2, 0) is 25.1 Å². The third-order valence-electron chi connectivity index (χ3n) is 3.29. The topological polar surface area (TPSA) is 196 Å². The summed E-state index contributed by atoms with van der Waals surface area (Å²) in [5.41, 5.74) is 21.9. The van der Waals surface area contributed by atoms with Gasteiger partial charge < -0.3 is 0 Å². The predicted octanol–water partition coefficient (Wildman–Crippen LogP) is 1.60. The lowest BCUT2D eigenvalue weighted by Gasteiger charge is -2.08. The van der Waals surface area contributed by atoms with Crippen molar-refractivity contribution in [1.29, 1.82) is 0 Å². The van der Waals surface area contributed by atoms with Gasteiger partial charge >= 0.3 is 7.59 Å². The number of carbonyl (C=O) groups excluding carboxylic acids is 2. The molecule has 0 bridgehead atoms. The van der Waals surface area contributed by atoms with Gasteiger partial charge in [0.1, 0.15) is 0 Å². The lowest BCUT2D eigenvalue weighted by molar-refractivity contribution is -0.119. The number of amides is 2. The van der Waals surface area contributed by atoms with Crippen molar-refractivity contribution >= 4 is 33.1 Å². The minimum atomic E-state index is -3.49. The SMILES string of the molecule is NP(N)(=O)NC(=O)C=Cc1ccccc1.NP(N)(=O)NC(=O)CCc1ccccc1. The second-order valence-electron chi connectivity index (χ2n) is 6.16. The second kappa shape index (κ2) is 12.2. The van der Waals surface area contributed by atoms with E-state index in [2.05, 4.69) is 5.09 Å². The maximum Gasteiger partial charge on any atom is 0.300 e. The number of rotatable bonds is 7. The standard InChI is InChI=1S/C9H14N3O2P.C9H12N3O2P/c2*10-15(11,14)12-9(13)7-6-8-4-2-1-3-5-8/h1-5H,6-7H2,(H5,10,11,12,13,14);1-7H,(H5,10,11,12,13,14). The number of aryl methyl sites for hydroxylation is 1. The Morgan fingerprint density at radius 1 is 0.800 bits per heavy atom. The maximum absolute atomic E-state index is 11.2. The summed E-state index contributed by atoms with van der Waals surface area (Å²) in [6.45, 7) is 0. The molecule has 0 fully saturated rings. The Morgan fingerprint density at radius 2 is 1.30 bits per heavy atom. The molecule has 10 nitrogen and oxygen atoms in total. The number of hydrogen-bond acceptors (Lipinski definition) is 4. The van der Waals surface area contributed by atoms with Crippen molar-refractivity contribution in [2.45, 2.75) is 12.8 Å². The molecule has 2 aromatic carbocycles. The molecule has 0 saturated heterocycles. The van der Waals surface area contributed by atoms with Gasteiger partial charge in [-0.1, -0.05) is 60.7 Å². The Balaban J connectivity index is 0.000000300. The molecule has 0 heterocycles. The van der Waals surface area contributed by atoms with E-state index >= 15 is 0 Å². The van der Waals surface area contributed by atoms with Crippen LogP contribution in [0, 0.1) is 0 Å². The molecule has 0 aromatic heterocycles. The van der Waals surface area contributed by atoms with Crippen LogP contribution in [0.5, 0.6) is 0 Å². The number of carbonyl (C=O) groups is 2. The molecule has 0 aliphatic rings. The molecule has 2 aromatic rings. The average Bonchev–Trinajstić information content (AvgIpc) is 2.64. The van der Waals surface area contributed by atoms with Crippen molar-refractivity contribution in [2.75, 3.05) is 0 Å². The summed E-state index contributed by atoms with van der Waals surface area (Å²) < 4.78 is 21.7. The van der Waals surface area contributed by atoms with Crippen LogP contribution in [0.25, 0.3) is 6.08 Å². The number of hydrogen-bond donors (Lipinski definition) is 6. The minimum Gasteiger partial charge on any atom is -0.283 e. The van der Waals surface area contributed by atoms with Crippen molar-refractivity contribution in [3.05, 3.63) is 77.9 Å². The van der Waals surface area contributed by atoms with Gasteiger partial charge in [0.05, 0.1) is 0 Å². The molecule has 0 saturated carbocycles.